The predicted molar refractivity (Wildman–Crippen MR) is 77.1 cm³/mol. The van der Waals surface area contributed by atoms with Crippen molar-refractivity contribution in [3.05, 3.63) is 47.4 Å². The summed E-state index contributed by atoms with van der Waals surface area (Å²) in [5.41, 5.74) is 3.99. The highest BCUT2D eigenvalue weighted by molar-refractivity contribution is 7.89. The number of rotatable bonds is 9. The summed E-state index contributed by atoms with van der Waals surface area (Å²) in [7, 11) is 0. The largest absolute Gasteiger partial charge is 0.503 e. The first kappa shape index (κ1) is 16.5. The third-order valence-corrected chi connectivity index (χ3v) is 2.72. The van der Waals surface area contributed by atoms with Gasteiger partial charge in [0.25, 0.3) is 0 Å². The quantitative estimate of drug-likeness (QED) is 0.161. The van der Waals surface area contributed by atoms with E-state index >= 15 is 0 Å². The SMILES string of the molecule is CC(=O)/C(O)=C(\C)NCNOSOCc1ccccc1. The molecule has 0 bridgehead atoms. The number of hydroxylamine groups is 1. The molecular weight excluding hydrogens is 280 g/mol. The van der Waals surface area contributed by atoms with Gasteiger partial charge in [0.05, 0.1) is 19.0 Å². The fourth-order valence-corrected chi connectivity index (χ4v) is 1.60. The number of hydrogen-bond donors (Lipinski definition) is 3. The van der Waals surface area contributed by atoms with Crippen LogP contribution in [0.15, 0.2) is 41.8 Å². The van der Waals surface area contributed by atoms with Crippen LogP contribution in [0.2, 0.25) is 0 Å². The Morgan fingerprint density at radius 2 is 2.00 bits per heavy atom. The van der Waals surface area contributed by atoms with E-state index in [1.807, 2.05) is 30.3 Å². The number of hydrogen-bond acceptors (Lipinski definition) is 7. The summed E-state index contributed by atoms with van der Waals surface area (Å²) in [6, 6.07) is 9.71. The fourth-order valence-electron chi connectivity index (χ4n) is 1.26. The summed E-state index contributed by atoms with van der Waals surface area (Å²) in [4.78, 5) is 10.9. The molecule has 1 rings (SSSR count). The first-order chi connectivity index (χ1) is 9.61. The Morgan fingerprint density at radius 3 is 2.65 bits per heavy atom. The summed E-state index contributed by atoms with van der Waals surface area (Å²) >= 11 is 0.818. The van der Waals surface area contributed by atoms with Crippen molar-refractivity contribution in [2.45, 2.75) is 20.5 Å². The van der Waals surface area contributed by atoms with Gasteiger partial charge in [-0.1, -0.05) is 30.3 Å². The van der Waals surface area contributed by atoms with Gasteiger partial charge in [-0.2, -0.15) is 5.48 Å². The minimum Gasteiger partial charge on any atom is -0.503 e. The first-order valence-corrected chi connectivity index (χ1v) is 6.64. The first-order valence-electron chi connectivity index (χ1n) is 5.98. The predicted octanol–water partition coefficient (Wildman–Crippen LogP) is 2.21. The molecule has 0 heterocycles. The van der Waals surface area contributed by atoms with Gasteiger partial charge in [-0.05, 0) is 12.5 Å². The molecule has 3 N–H and O–H groups in total. The molecule has 0 radical (unpaired) electrons. The molecule has 0 spiro atoms. The zero-order valence-electron chi connectivity index (χ0n) is 11.4. The van der Waals surface area contributed by atoms with Crippen molar-refractivity contribution in [1.29, 1.82) is 0 Å². The highest BCUT2D eigenvalue weighted by atomic mass is 32.2. The molecule has 0 aliphatic carbocycles. The maximum atomic E-state index is 10.9. The van der Waals surface area contributed by atoms with E-state index in [9.17, 15) is 9.90 Å². The number of allylic oxidation sites excluding steroid dienone is 2. The van der Waals surface area contributed by atoms with Crippen LogP contribution in [0.5, 0.6) is 0 Å². The van der Waals surface area contributed by atoms with Gasteiger partial charge in [-0.15, -0.1) is 0 Å². The molecule has 0 amide bonds. The number of nitrogens with one attached hydrogen (secondary N) is 2. The smallest absolute Gasteiger partial charge is 0.195 e. The number of Topliss-reactive ketones (excluding diaryl/α,β-unsaturated/α-hetero) is 1. The van der Waals surface area contributed by atoms with E-state index in [0.717, 1.165) is 17.9 Å². The zero-order chi connectivity index (χ0) is 14.8. The van der Waals surface area contributed by atoms with Crippen molar-refractivity contribution in [2.75, 3.05) is 6.67 Å². The average molecular weight is 298 g/mol. The summed E-state index contributed by atoms with van der Waals surface area (Å²) in [5, 5.41) is 12.1. The molecule has 7 heteroatoms. The summed E-state index contributed by atoms with van der Waals surface area (Å²) < 4.78 is 10.1. The van der Waals surface area contributed by atoms with Crippen LogP contribution in [0, 0.1) is 0 Å². The second-order valence-corrected chi connectivity index (χ2v) is 4.47. The molecule has 20 heavy (non-hydrogen) atoms. The van der Waals surface area contributed by atoms with Crippen molar-refractivity contribution < 1.29 is 18.4 Å². The highest BCUT2D eigenvalue weighted by Crippen LogP contribution is 2.08. The van der Waals surface area contributed by atoms with Crippen molar-refractivity contribution in [3.63, 3.8) is 0 Å². The molecule has 1 aromatic rings. The molecular formula is C13H18N2O4S. The van der Waals surface area contributed by atoms with Crippen LogP contribution in [-0.2, 0) is 19.9 Å². The second kappa shape index (κ2) is 9.38. The van der Waals surface area contributed by atoms with Crippen molar-refractivity contribution in [3.8, 4) is 0 Å². The lowest BCUT2D eigenvalue weighted by molar-refractivity contribution is -0.116. The van der Waals surface area contributed by atoms with Crippen LogP contribution in [0.25, 0.3) is 0 Å². The summed E-state index contributed by atoms with van der Waals surface area (Å²) in [6.07, 6.45) is 0. The lowest BCUT2D eigenvalue weighted by Crippen LogP contribution is -2.27. The van der Waals surface area contributed by atoms with Crippen LogP contribution in [-0.4, -0.2) is 17.6 Å². The van der Waals surface area contributed by atoms with Crippen LogP contribution in [0.4, 0.5) is 0 Å². The number of aliphatic hydroxyl groups is 1. The van der Waals surface area contributed by atoms with Gasteiger partial charge in [0, 0.05) is 6.92 Å². The van der Waals surface area contributed by atoms with Gasteiger partial charge in [-0.25, -0.2) is 4.28 Å². The number of aliphatic hydroxyl groups excluding tert-OH is 1. The minimum absolute atomic E-state index is 0.227. The normalized spacial score (nSPS) is 11.9. The average Bonchev–Trinajstić information content (AvgIpc) is 2.46. The summed E-state index contributed by atoms with van der Waals surface area (Å²) in [6.45, 7) is 3.55. The van der Waals surface area contributed by atoms with E-state index in [4.69, 9.17) is 8.47 Å². The third kappa shape index (κ3) is 6.58. The van der Waals surface area contributed by atoms with Gasteiger partial charge in [-0.3, -0.25) is 8.98 Å². The Balaban J connectivity index is 2.06. The van der Waals surface area contributed by atoms with Crippen LogP contribution in [0.1, 0.15) is 19.4 Å². The molecule has 0 saturated carbocycles. The van der Waals surface area contributed by atoms with Crippen LogP contribution >= 0.6 is 12.3 Å². The molecule has 0 unspecified atom stereocenters. The molecule has 0 fully saturated rings. The lowest BCUT2D eigenvalue weighted by Gasteiger charge is -2.08. The Morgan fingerprint density at radius 1 is 1.30 bits per heavy atom. The maximum Gasteiger partial charge on any atom is 0.195 e. The van der Waals surface area contributed by atoms with Gasteiger partial charge >= 0.3 is 0 Å². The van der Waals surface area contributed by atoms with Gasteiger partial charge in [0.1, 0.15) is 0 Å². The van der Waals surface area contributed by atoms with E-state index in [0.29, 0.717) is 12.3 Å². The zero-order valence-corrected chi connectivity index (χ0v) is 12.2. The topological polar surface area (TPSA) is 79.8 Å². The fraction of sp³-hybridized carbons (Fsp3) is 0.308. The van der Waals surface area contributed by atoms with Gasteiger partial charge in [0.15, 0.2) is 23.9 Å². The number of benzene rings is 1. The Labute approximate surface area is 122 Å². The number of ketones is 1. The standard InChI is InChI=1S/C13H18N2O4S/c1-10(13(17)11(2)16)14-9-15-19-20-18-8-12-6-4-3-5-7-12/h3-7,14-15,17H,8-9H2,1-2H3/b13-10-. The molecule has 0 aliphatic rings. The van der Waals surface area contributed by atoms with Crippen molar-refractivity contribution in [2.24, 2.45) is 0 Å². The molecule has 0 aliphatic heterocycles. The maximum absolute atomic E-state index is 10.9. The Kier molecular flexibility index (Phi) is 7.74. The highest BCUT2D eigenvalue weighted by Gasteiger charge is 2.04. The minimum atomic E-state index is -0.392. The van der Waals surface area contributed by atoms with Crippen LogP contribution in [0.3, 0.4) is 0 Å². The molecule has 0 atom stereocenters. The molecule has 110 valence electrons. The van der Waals surface area contributed by atoms with Gasteiger partial charge < -0.3 is 10.4 Å². The monoisotopic (exact) mass is 298 g/mol. The Hall–Kier alpha value is -1.54. The van der Waals surface area contributed by atoms with E-state index in [-0.39, 0.29) is 12.4 Å². The van der Waals surface area contributed by atoms with E-state index < -0.39 is 5.78 Å². The lowest BCUT2D eigenvalue weighted by atomic mass is 10.2. The van der Waals surface area contributed by atoms with Gasteiger partial charge in [0.2, 0.25) is 0 Å². The second-order valence-electron chi connectivity index (χ2n) is 3.93. The van der Waals surface area contributed by atoms with E-state index in [1.54, 1.807) is 6.92 Å². The molecule has 6 nitrogen and oxygen atoms in total. The molecule has 0 aromatic heterocycles. The van der Waals surface area contributed by atoms with Crippen molar-refractivity contribution in [1.82, 2.24) is 10.8 Å². The Bertz CT molecular complexity index is 451. The molecule has 0 saturated heterocycles. The van der Waals surface area contributed by atoms with Crippen LogP contribution < -0.4 is 10.8 Å². The third-order valence-electron chi connectivity index (χ3n) is 2.32. The summed E-state index contributed by atoms with van der Waals surface area (Å²) in [5.74, 6) is -0.684. The molecule has 1 aromatic carbocycles. The van der Waals surface area contributed by atoms with E-state index in [1.165, 1.54) is 6.92 Å². The van der Waals surface area contributed by atoms with Crippen molar-refractivity contribution >= 4 is 18.1 Å². The number of carbonyl (C=O) groups is 1. The van der Waals surface area contributed by atoms with E-state index in [2.05, 4.69) is 10.8 Å². The number of carbonyl (C=O) groups excluding carboxylic acids is 1.